The molecular formula is C9H11NO8. The van der Waals surface area contributed by atoms with Gasteiger partial charge in [0.25, 0.3) is 0 Å². The predicted octanol–water partition coefficient (Wildman–Crippen LogP) is -1.85. The summed E-state index contributed by atoms with van der Waals surface area (Å²) in [4.78, 5) is 43.7. The summed E-state index contributed by atoms with van der Waals surface area (Å²) in [6.45, 7) is -0.410. The van der Waals surface area contributed by atoms with E-state index in [4.69, 9.17) is 20.4 Å². The number of hydrogen-bond acceptors (Lipinski definition) is 5. The molecule has 0 spiro atoms. The lowest BCUT2D eigenvalue weighted by Gasteiger charge is -2.35. The fourth-order valence-electron chi connectivity index (χ4n) is 2.07. The molecule has 0 amide bonds. The molecule has 0 radical (unpaired) electrons. The molecule has 9 nitrogen and oxygen atoms in total. The Morgan fingerprint density at radius 3 is 1.61 bits per heavy atom. The van der Waals surface area contributed by atoms with Crippen LogP contribution in [0.25, 0.3) is 0 Å². The van der Waals surface area contributed by atoms with Crippen LogP contribution < -0.4 is 5.32 Å². The van der Waals surface area contributed by atoms with E-state index >= 15 is 0 Å². The van der Waals surface area contributed by atoms with Crippen molar-refractivity contribution < 1.29 is 39.6 Å². The second-order valence-corrected chi connectivity index (χ2v) is 3.90. The molecule has 1 rings (SSSR count). The molecule has 1 fully saturated rings. The minimum Gasteiger partial charge on any atom is -0.481 e. The van der Waals surface area contributed by atoms with Crippen LogP contribution in [0.3, 0.4) is 0 Å². The summed E-state index contributed by atoms with van der Waals surface area (Å²) in [6.07, 6.45) is 0. The maximum atomic E-state index is 11.0. The molecular weight excluding hydrogens is 250 g/mol. The van der Waals surface area contributed by atoms with E-state index in [0.717, 1.165) is 0 Å². The number of hydrogen-bond donors (Lipinski definition) is 5. The van der Waals surface area contributed by atoms with Crippen molar-refractivity contribution in [3.8, 4) is 0 Å². The summed E-state index contributed by atoms with van der Waals surface area (Å²) in [5.74, 6) is -11.4. The third-order valence-electron chi connectivity index (χ3n) is 2.89. The van der Waals surface area contributed by atoms with Crippen LogP contribution in [0.15, 0.2) is 0 Å². The number of piperidine rings is 1. The maximum absolute atomic E-state index is 11.0. The van der Waals surface area contributed by atoms with Gasteiger partial charge >= 0.3 is 23.9 Å². The van der Waals surface area contributed by atoms with E-state index < -0.39 is 54.2 Å². The van der Waals surface area contributed by atoms with Crippen molar-refractivity contribution in [3.05, 3.63) is 0 Å². The Morgan fingerprint density at radius 2 is 1.28 bits per heavy atom. The van der Waals surface area contributed by atoms with Crippen LogP contribution in [0.4, 0.5) is 0 Å². The lowest BCUT2D eigenvalue weighted by atomic mass is 9.74. The summed E-state index contributed by atoms with van der Waals surface area (Å²) in [6, 6.07) is -1.63. The lowest BCUT2D eigenvalue weighted by Crippen LogP contribution is -2.60. The van der Waals surface area contributed by atoms with E-state index in [1.165, 1.54) is 0 Å². The van der Waals surface area contributed by atoms with Crippen molar-refractivity contribution in [1.29, 1.82) is 0 Å². The first-order chi connectivity index (χ1) is 8.27. The van der Waals surface area contributed by atoms with E-state index in [9.17, 15) is 19.2 Å². The Balaban J connectivity index is 3.18. The zero-order valence-corrected chi connectivity index (χ0v) is 8.94. The highest BCUT2D eigenvalue weighted by Gasteiger charge is 2.52. The minimum absolute atomic E-state index is 0.410. The van der Waals surface area contributed by atoms with Gasteiger partial charge in [-0.2, -0.15) is 0 Å². The molecule has 1 aliphatic rings. The molecule has 0 saturated carbocycles. The van der Waals surface area contributed by atoms with Crippen molar-refractivity contribution in [1.82, 2.24) is 5.32 Å². The fourth-order valence-corrected chi connectivity index (χ4v) is 2.07. The highest BCUT2D eigenvalue weighted by Crippen LogP contribution is 2.29. The van der Waals surface area contributed by atoms with Crippen LogP contribution in [0, 0.1) is 17.8 Å². The Morgan fingerprint density at radius 1 is 0.778 bits per heavy atom. The third-order valence-corrected chi connectivity index (χ3v) is 2.89. The maximum Gasteiger partial charge on any atom is 0.321 e. The van der Waals surface area contributed by atoms with Gasteiger partial charge in [0.2, 0.25) is 0 Å². The quantitative estimate of drug-likeness (QED) is 0.391. The molecule has 5 N–H and O–H groups in total. The van der Waals surface area contributed by atoms with Crippen LogP contribution in [-0.4, -0.2) is 56.9 Å². The second-order valence-electron chi connectivity index (χ2n) is 3.90. The van der Waals surface area contributed by atoms with E-state index in [-0.39, 0.29) is 0 Å². The average molecular weight is 261 g/mol. The SMILES string of the molecule is O=C(O)[C@@H]1[C@H](C(=O)O)[C@H](C(=O)O)NC[C@@H]1C(=O)O. The summed E-state index contributed by atoms with van der Waals surface area (Å²) < 4.78 is 0. The van der Waals surface area contributed by atoms with E-state index in [1.54, 1.807) is 0 Å². The smallest absolute Gasteiger partial charge is 0.321 e. The Bertz CT molecular complexity index is 367. The zero-order chi connectivity index (χ0) is 14.0. The van der Waals surface area contributed by atoms with E-state index in [0.29, 0.717) is 0 Å². The van der Waals surface area contributed by atoms with E-state index in [1.807, 2.05) is 0 Å². The molecule has 1 aliphatic heterocycles. The normalized spacial score (nSPS) is 31.6. The van der Waals surface area contributed by atoms with Crippen molar-refractivity contribution in [3.63, 3.8) is 0 Å². The second kappa shape index (κ2) is 5.00. The topological polar surface area (TPSA) is 161 Å². The minimum atomic E-state index is -1.84. The number of nitrogens with one attached hydrogen (secondary N) is 1. The summed E-state index contributed by atoms with van der Waals surface area (Å²) in [5, 5.41) is 37.7. The molecule has 0 aromatic rings. The molecule has 1 saturated heterocycles. The van der Waals surface area contributed by atoms with Crippen LogP contribution in [0.2, 0.25) is 0 Å². The van der Waals surface area contributed by atoms with Crippen LogP contribution >= 0.6 is 0 Å². The first kappa shape index (κ1) is 13.9. The zero-order valence-electron chi connectivity index (χ0n) is 8.94. The number of carboxylic acids is 4. The van der Waals surface area contributed by atoms with Gasteiger partial charge < -0.3 is 25.7 Å². The molecule has 9 heteroatoms. The van der Waals surface area contributed by atoms with Gasteiger partial charge in [-0.3, -0.25) is 19.2 Å². The number of rotatable bonds is 4. The molecule has 4 atom stereocenters. The highest BCUT2D eigenvalue weighted by atomic mass is 16.4. The van der Waals surface area contributed by atoms with Gasteiger partial charge in [0.1, 0.15) is 6.04 Å². The Kier molecular flexibility index (Phi) is 3.86. The monoisotopic (exact) mass is 261 g/mol. The number of carboxylic acid groups (broad SMARTS) is 4. The highest BCUT2D eigenvalue weighted by molar-refractivity contribution is 5.90. The van der Waals surface area contributed by atoms with E-state index in [2.05, 4.69) is 5.32 Å². The molecule has 0 bridgehead atoms. The molecule has 100 valence electrons. The van der Waals surface area contributed by atoms with Gasteiger partial charge in [-0.25, -0.2) is 0 Å². The largest absolute Gasteiger partial charge is 0.481 e. The summed E-state index contributed by atoms with van der Waals surface area (Å²) >= 11 is 0. The van der Waals surface area contributed by atoms with Crippen LogP contribution in [-0.2, 0) is 19.2 Å². The average Bonchev–Trinajstić information content (AvgIpc) is 2.26. The van der Waals surface area contributed by atoms with Crippen LogP contribution in [0.5, 0.6) is 0 Å². The van der Waals surface area contributed by atoms with Gasteiger partial charge in [-0.1, -0.05) is 0 Å². The lowest BCUT2D eigenvalue weighted by molar-refractivity contribution is -0.169. The van der Waals surface area contributed by atoms with Gasteiger partial charge in [-0.05, 0) is 0 Å². The first-order valence-electron chi connectivity index (χ1n) is 4.92. The molecule has 0 aromatic carbocycles. The van der Waals surface area contributed by atoms with Gasteiger partial charge in [0.05, 0.1) is 17.8 Å². The van der Waals surface area contributed by atoms with Crippen molar-refractivity contribution >= 4 is 23.9 Å². The van der Waals surface area contributed by atoms with Gasteiger partial charge in [-0.15, -0.1) is 0 Å². The number of aliphatic carboxylic acids is 4. The van der Waals surface area contributed by atoms with Crippen molar-refractivity contribution in [2.45, 2.75) is 6.04 Å². The summed E-state index contributed by atoms with van der Waals surface area (Å²) in [7, 11) is 0. The van der Waals surface area contributed by atoms with Crippen LogP contribution in [0.1, 0.15) is 0 Å². The predicted molar refractivity (Wildman–Crippen MR) is 52.8 cm³/mol. The van der Waals surface area contributed by atoms with Crippen molar-refractivity contribution in [2.24, 2.45) is 17.8 Å². The van der Waals surface area contributed by atoms with Gasteiger partial charge in [0, 0.05) is 6.54 Å². The Hall–Kier alpha value is -2.16. The first-order valence-corrected chi connectivity index (χ1v) is 4.92. The fraction of sp³-hybridized carbons (Fsp3) is 0.556. The van der Waals surface area contributed by atoms with Gasteiger partial charge in [0.15, 0.2) is 0 Å². The molecule has 0 unspecified atom stereocenters. The standard InChI is InChI=1S/C9H11NO8/c11-6(12)2-1-10-5(9(17)18)4(8(15)16)3(2)7(13)14/h2-5,10H,1H2,(H,11,12)(H,13,14)(H,15,16)(H,17,18)/t2-,3-,4-,5+/m0/s1. The number of carbonyl (C=O) groups is 4. The molecule has 1 heterocycles. The molecule has 18 heavy (non-hydrogen) atoms. The molecule has 0 aliphatic carbocycles. The molecule has 0 aromatic heterocycles. The summed E-state index contributed by atoms with van der Waals surface area (Å²) in [5.41, 5.74) is 0. The Labute approximate surface area is 100 Å². The third kappa shape index (κ3) is 2.40. The van der Waals surface area contributed by atoms with Crippen molar-refractivity contribution in [2.75, 3.05) is 6.54 Å².